The van der Waals surface area contributed by atoms with Crippen molar-refractivity contribution in [3.63, 3.8) is 0 Å². The predicted molar refractivity (Wildman–Crippen MR) is 112 cm³/mol. The summed E-state index contributed by atoms with van der Waals surface area (Å²) in [4.78, 5) is 10.4. The van der Waals surface area contributed by atoms with Gasteiger partial charge in [0, 0.05) is 46.3 Å². The zero-order chi connectivity index (χ0) is 18.4. The number of nitrogens with zero attached hydrogens (tertiary/aromatic N) is 2. The molecule has 0 radical (unpaired) electrons. The molecule has 1 saturated heterocycles. The van der Waals surface area contributed by atoms with E-state index in [1.165, 1.54) is 5.69 Å². The van der Waals surface area contributed by atoms with Crippen LogP contribution in [0, 0.1) is 6.92 Å². The van der Waals surface area contributed by atoms with Crippen LogP contribution in [-0.4, -0.2) is 36.3 Å². The summed E-state index contributed by atoms with van der Waals surface area (Å²) in [5.41, 5.74) is 6.66. The number of aromatic amines is 1. The highest BCUT2D eigenvalue weighted by molar-refractivity contribution is 6.32. The van der Waals surface area contributed by atoms with Crippen LogP contribution in [0.4, 0.5) is 5.69 Å². The number of aryl methyl sites for hydroxylation is 1. The van der Waals surface area contributed by atoms with Crippen LogP contribution in [0.1, 0.15) is 5.69 Å². The van der Waals surface area contributed by atoms with E-state index in [0.29, 0.717) is 0 Å². The number of fused-ring (bicyclic) bond motifs is 3. The van der Waals surface area contributed by atoms with Crippen molar-refractivity contribution in [1.82, 2.24) is 9.97 Å². The van der Waals surface area contributed by atoms with Crippen LogP contribution in [0.2, 0.25) is 5.02 Å². The van der Waals surface area contributed by atoms with Crippen molar-refractivity contribution in [1.29, 1.82) is 0 Å². The summed E-state index contributed by atoms with van der Waals surface area (Å²) in [6, 6.07) is 14.8. The lowest BCUT2D eigenvalue weighted by Gasteiger charge is -2.29. The molecule has 0 spiro atoms. The third-order valence-corrected chi connectivity index (χ3v) is 5.54. The molecule has 0 unspecified atom stereocenters. The molecular formula is C22H20ClN3O. The molecule has 2 aromatic carbocycles. The fraction of sp³-hybridized carbons (Fsp3) is 0.227. The monoisotopic (exact) mass is 377 g/mol. The van der Waals surface area contributed by atoms with Crippen LogP contribution in [0.15, 0.2) is 48.7 Å². The molecule has 136 valence electrons. The van der Waals surface area contributed by atoms with Gasteiger partial charge in [-0.05, 0) is 42.8 Å². The van der Waals surface area contributed by atoms with E-state index in [-0.39, 0.29) is 0 Å². The van der Waals surface area contributed by atoms with Crippen LogP contribution in [0.25, 0.3) is 32.9 Å². The molecule has 3 heterocycles. The first-order chi connectivity index (χ1) is 13.2. The lowest BCUT2D eigenvalue weighted by Crippen LogP contribution is -2.36. The molecule has 1 aliphatic heterocycles. The highest BCUT2D eigenvalue weighted by atomic mass is 35.5. The Hall–Kier alpha value is -2.56. The van der Waals surface area contributed by atoms with Gasteiger partial charge in [0.15, 0.2) is 0 Å². The summed E-state index contributed by atoms with van der Waals surface area (Å²) in [7, 11) is 0. The number of hydrogen-bond acceptors (Lipinski definition) is 3. The number of aromatic nitrogens is 2. The minimum Gasteiger partial charge on any atom is -0.378 e. The van der Waals surface area contributed by atoms with Crippen molar-refractivity contribution in [2.75, 3.05) is 31.2 Å². The molecule has 0 atom stereocenters. The van der Waals surface area contributed by atoms with Gasteiger partial charge in [-0.3, -0.25) is 4.98 Å². The number of benzene rings is 2. The highest BCUT2D eigenvalue weighted by Gasteiger charge is 2.15. The van der Waals surface area contributed by atoms with Crippen LogP contribution in [-0.2, 0) is 4.74 Å². The minimum absolute atomic E-state index is 0.740. The Morgan fingerprint density at radius 2 is 1.89 bits per heavy atom. The summed E-state index contributed by atoms with van der Waals surface area (Å²) >= 11 is 6.50. The molecule has 0 bridgehead atoms. The molecule has 0 aliphatic carbocycles. The van der Waals surface area contributed by atoms with Gasteiger partial charge in [-0.15, -0.1) is 0 Å². The highest BCUT2D eigenvalue weighted by Crippen LogP contribution is 2.37. The fourth-order valence-electron chi connectivity index (χ4n) is 3.95. The normalized spacial score (nSPS) is 15.0. The molecule has 1 N–H and O–H groups in total. The average Bonchev–Trinajstić information content (AvgIpc) is 3.08. The number of rotatable bonds is 2. The van der Waals surface area contributed by atoms with Crippen molar-refractivity contribution in [2.45, 2.75) is 6.92 Å². The number of morpholine rings is 1. The maximum Gasteiger partial charge on any atom is 0.0681 e. The summed E-state index contributed by atoms with van der Waals surface area (Å²) in [6.07, 6.45) is 1.85. The Balaban J connectivity index is 1.71. The maximum atomic E-state index is 6.50. The minimum atomic E-state index is 0.740. The standard InChI is InChI=1S/C22H20ClN3O/c1-14-21-18(5-6-24-14)20-13-16(23)12-19(22(20)25-21)15-3-2-4-17(11-15)26-7-9-27-10-8-26/h2-6,11-13,25H,7-10H2,1H3. The number of H-pyrrole nitrogens is 1. The molecular weight excluding hydrogens is 358 g/mol. The Kier molecular flexibility index (Phi) is 4.03. The van der Waals surface area contributed by atoms with Gasteiger partial charge in [-0.1, -0.05) is 23.7 Å². The van der Waals surface area contributed by atoms with Crippen LogP contribution < -0.4 is 4.90 Å². The second kappa shape index (κ2) is 6.55. The first kappa shape index (κ1) is 16.6. The van der Waals surface area contributed by atoms with Gasteiger partial charge >= 0.3 is 0 Å². The van der Waals surface area contributed by atoms with Crippen LogP contribution in [0.3, 0.4) is 0 Å². The smallest absolute Gasteiger partial charge is 0.0681 e. The van der Waals surface area contributed by atoms with E-state index in [2.05, 4.69) is 39.1 Å². The van der Waals surface area contributed by atoms with E-state index in [4.69, 9.17) is 16.3 Å². The molecule has 5 rings (SSSR count). The molecule has 0 saturated carbocycles. The molecule has 2 aromatic heterocycles. The summed E-state index contributed by atoms with van der Waals surface area (Å²) < 4.78 is 5.48. The second-order valence-electron chi connectivity index (χ2n) is 6.97. The van der Waals surface area contributed by atoms with Crippen molar-refractivity contribution in [3.05, 3.63) is 59.4 Å². The van der Waals surface area contributed by atoms with Gasteiger partial charge in [0.05, 0.1) is 29.9 Å². The van der Waals surface area contributed by atoms with Gasteiger partial charge < -0.3 is 14.6 Å². The molecule has 27 heavy (non-hydrogen) atoms. The van der Waals surface area contributed by atoms with Crippen molar-refractivity contribution in [3.8, 4) is 11.1 Å². The van der Waals surface area contributed by atoms with E-state index in [1.54, 1.807) is 0 Å². The Morgan fingerprint density at radius 1 is 1.04 bits per heavy atom. The maximum absolute atomic E-state index is 6.50. The lowest BCUT2D eigenvalue weighted by molar-refractivity contribution is 0.122. The predicted octanol–water partition coefficient (Wildman–Crippen LogP) is 5.18. The van der Waals surface area contributed by atoms with Gasteiger partial charge in [-0.25, -0.2) is 0 Å². The first-order valence-corrected chi connectivity index (χ1v) is 9.58. The fourth-order valence-corrected chi connectivity index (χ4v) is 4.17. The molecule has 0 amide bonds. The van der Waals surface area contributed by atoms with E-state index < -0.39 is 0 Å². The third-order valence-electron chi connectivity index (χ3n) is 5.32. The second-order valence-corrected chi connectivity index (χ2v) is 7.41. The molecule has 5 heteroatoms. The summed E-state index contributed by atoms with van der Waals surface area (Å²) in [5, 5.41) is 3.03. The van der Waals surface area contributed by atoms with Crippen molar-refractivity contribution >= 4 is 39.1 Å². The van der Waals surface area contributed by atoms with Crippen molar-refractivity contribution in [2.24, 2.45) is 0 Å². The van der Waals surface area contributed by atoms with E-state index in [0.717, 1.165) is 70.0 Å². The summed E-state index contributed by atoms with van der Waals surface area (Å²) in [5.74, 6) is 0. The van der Waals surface area contributed by atoms with Crippen LogP contribution in [0.5, 0.6) is 0 Å². The number of ether oxygens (including phenoxy) is 1. The lowest BCUT2D eigenvalue weighted by atomic mass is 10.0. The third kappa shape index (κ3) is 2.85. The zero-order valence-corrected chi connectivity index (χ0v) is 15.9. The molecule has 1 fully saturated rings. The number of anilines is 1. The molecule has 4 nitrogen and oxygen atoms in total. The summed E-state index contributed by atoms with van der Waals surface area (Å²) in [6.45, 7) is 5.43. The average molecular weight is 378 g/mol. The largest absolute Gasteiger partial charge is 0.378 e. The Labute approximate surface area is 162 Å². The number of nitrogens with one attached hydrogen (secondary N) is 1. The van der Waals surface area contributed by atoms with Gasteiger partial charge in [0.1, 0.15) is 0 Å². The Bertz CT molecular complexity index is 1150. The van der Waals surface area contributed by atoms with Gasteiger partial charge in [-0.2, -0.15) is 0 Å². The molecule has 1 aliphatic rings. The van der Waals surface area contributed by atoms with Crippen molar-refractivity contribution < 1.29 is 4.74 Å². The van der Waals surface area contributed by atoms with E-state index in [9.17, 15) is 0 Å². The quantitative estimate of drug-likeness (QED) is 0.523. The van der Waals surface area contributed by atoms with Crippen LogP contribution >= 0.6 is 11.6 Å². The SMILES string of the molecule is Cc1nccc2c1[nH]c1c(-c3cccc(N4CCOCC4)c3)cc(Cl)cc12. The zero-order valence-electron chi connectivity index (χ0n) is 15.1. The van der Waals surface area contributed by atoms with Gasteiger partial charge in [0.25, 0.3) is 0 Å². The number of halogens is 1. The van der Waals surface area contributed by atoms with E-state index in [1.807, 2.05) is 31.3 Å². The topological polar surface area (TPSA) is 41.2 Å². The first-order valence-electron chi connectivity index (χ1n) is 9.20. The number of hydrogen-bond donors (Lipinski definition) is 1. The van der Waals surface area contributed by atoms with Gasteiger partial charge in [0.2, 0.25) is 0 Å². The number of pyridine rings is 1. The Morgan fingerprint density at radius 3 is 2.74 bits per heavy atom. The van der Waals surface area contributed by atoms with E-state index >= 15 is 0 Å². The molecule has 4 aromatic rings.